The zero-order valence-electron chi connectivity index (χ0n) is 18.3. The van der Waals surface area contributed by atoms with Crippen LogP contribution in [0, 0.1) is 0 Å². The number of furan rings is 1. The van der Waals surface area contributed by atoms with Gasteiger partial charge in [0, 0.05) is 24.5 Å². The third kappa shape index (κ3) is 5.00. The molecule has 11 heteroatoms. The molecule has 1 atom stereocenters. The van der Waals surface area contributed by atoms with Crippen LogP contribution in [0.2, 0.25) is 0 Å². The number of pyridine rings is 1. The average Bonchev–Trinajstić information content (AvgIpc) is 3.17. The molecule has 1 saturated heterocycles. The molecule has 0 saturated carbocycles. The molecular weight excluding hydrogens is 460 g/mol. The number of para-hydroxylation sites is 1. The van der Waals surface area contributed by atoms with Crippen molar-refractivity contribution in [3.8, 4) is 0 Å². The van der Waals surface area contributed by atoms with Crippen molar-refractivity contribution in [3.05, 3.63) is 60.5 Å². The first-order valence-electron chi connectivity index (χ1n) is 10.9. The number of hydrogen-bond acceptors (Lipinski definition) is 8. The zero-order valence-corrected chi connectivity index (χ0v) is 19.1. The maximum Gasteiger partial charge on any atom is 0.287 e. The minimum atomic E-state index is -4.38. The lowest BCUT2D eigenvalue weighted by atomic mass is 10.1. The summed E-state index contributed by atoms with van der Waals surface area (Å²) in [6.45, 7) is 0.374. The zero-order chi connectivity index (χ0) is 24.1. The molecule has 2 amide bonds. The Balaban J connectivity index is 1.50. The summed E-state index contributed by atoms with van der Waals surface area (Å²) in [6, 6.07) is 11.9. The predicted molar refractivity (Wildman–Crippen MR) is 122 cm³/mol. The second kappa shape index (κ2) is 10.1. The molecule has 4 rings (SSSR count). The van der Waals surface area contributed by atoms with E-state index >= 15 is 0 Å². The molecule has 0 unspecified atom stereocenters. The van der Waals surface area contributed by atoms with Crippen LogP contribution < -0.4 is 10.6 Å². The summed E-state index contributed by atoms with van der Waals surface area (Å²) in [5.74, 6) is -1.64. The normalized spacial score (nSPS) is 16.7. The highest BCUT2D eigenvalue weighted by atomic mass is 32.2. The van der Waals surface area contributed by atoms with Crippen LogP contribution >= 0.6 is 0 Å². The van der Waals surface area contributed by atoms with Crippen molar-refractivity contribution in [1.82, 2.24) is 19.9 Å². The van der Waals surface area contributed by atoms with Crippen LogP contribution in [0.25, 0.3) is 11.0 Å². The summed E-state index contributed by atoms with van der Waals surface area (Å²) < 4.78 is 32.8. The monoisotopic (exact) mass is 484 g/mol. The fourth-order valence-corrected chi connectivity index (χ4v) is 5.37. The number of carbonyl (C=O) groups is 3. The number of hydrogen-bond donors (Lipinski definition) is 2. The largest absolute Gasteiger partial charge is 0.451 e. The van der Waals surface area contributed by atoms with Crippen molar-refractivity contribution in [1.29, 1.82) is 0 Å². The number of sulfonamides is 1. The van der Waals surface area contributed by atoms with Crippen LogP contribution in [-0.2, 0) is 19.6 Å². The second-order valence-corrected chi connectivity index (χ2v) is 9.58. The Hall–Kier alpha value is -3.57. The van der Waals surface area contributed by atoms with E-state index in [0.29, 0.717) is 22.9 Å². The molecule has 2 aromatic heterocycles. The van der Waals surface area contributed by atoms with Crippen molar-refractivity contribution in [2.75, 3.05) is 19.6 Å². The summed E-state index contributed by atoms with van der Waals surface area (Å²) in [7, 11) is -4.38. The molecule has 0 radical (unpaired) electrons. The van der Waals surface area contributed by atoms with Gasteiger partial charge in [-0.25, -0.2) is 9.29 Å². The van der Waals surface area contributed by atoms with Gasteiger partial charge in [0.05, 0.1) is 6.54 Å². The molecular formula is C23H24N4O6S. The van der Waals surface area contributed by atoms with Gasteiger partial charge in [-0.05, 0) is 43.7 Å². The van der Waals surface area contributed by atoms with Gasteiger partial charge >= 0.3 is 0 Å². The number of Topliss-reactive ketones (excluding diaryl/α,β-unsaturated/α-hetero) is 1. The van der Waals surface area contributed by atoms with Crippen LogP contribution in [-0.4, -0.2) is 61.0 Å². The smallest absolute Gasteiger partial charge is 0.287 e. The fourth-order valence-electron chi connectivity index (χ4n) is 3.81. The quantitative estimate of drug-likeness (QED) is 0.514. The lowest BCUT2D eigenvalue weighted by Crippen LogP contribution is -2.50. The summed E-state index contributed by atoms with van der Waals surface area (Å²) in [5.41, 5.74) is 0.553. The van der Waals surface area contributed by atoms with Gasteiger partial charge in [0.15, 0.2) is 16.6 Å². The van der Waals surface area contributed by atoms with E-state index in [1.165, 1.54) is 18.3 Å². The summed E-state index contributed by atoms with van der Waals surface area (Å²) in [6.07, 6.45) is 1.71. The van der Waals surface area contributed by atoms with Crippen molar-refractivity contribution < 1.29 is 27.2 Å². The molecule has 178 valence electrons. The van der Waals surface area contributed by atoms with E-state index in [2.05, 4.69) is 15.6 Å². The first kappa shape index (κ1) is 23.6. The van der Waals surface area contributed by atoms with Gasteiger partial charge in [0.2, 0.25) is 5.91 Å². The third-order valence-corrected chi connectivity index (χ3v) is 7.21. The van der Waals surface area contributed by atoms with Crippen LogP contribution in [0.4, 0.5) is 0 Å². The van der Waals surface area contributed by atoms with Gasteiger partial charge in [-0.15, -0.1) is 0 Å². The number of aromatic nitrogens is 1. The van der Waals surface area contributed by atoms with E-state index in [4.69, 9.17) is 4.42 Å². The maximum atomic E-state index is 13.3. The van der Waals surface area contributed by atoms with Gasteiger partial charge in [0.1, 0.15) is 11.6 Å². The van der Waals surface area contributed by atoms with Crippen LogP contribution in [0.5, 0.6) is 0 Å². The van der Waals surface area contributed by atoms with E-state index in [0.717, 1.165) is 5.39 Å². The van der Waals surface area contributed by atoms with Gasteiger partial charge < -0.3 is 15.1 Å². The molecule has 3 aromatic rings. The number of benzene rings is 1. The Bertz CT molecular complexity index is 1270. The number of ketones is 1. The molecule has 10 nitrogen and oxygen atoms in total. The predicted octanol–water partition coefficient (Wildman–Crippen LogP) is 1.49. The molecule has 0 bridgehead atoms. The van der Waals surface area contributed by atoms with E-state index in [-0.39, 0.29) is 36.7 Å². The number of fused-ring (bicyclic) bond motifs is 1. The lowest BCUT2D eigenvalue weighted by molar-refractivity contribution is -0.133. The Morgan fingerprint density at radius 3 is 2.74 bits per heavy atom. The fraction of sp³-hybridized carbons (Fsp3) is 0.304. The number of amides is 2. The van der Waals surface area contributed by atoms with Gasteiger partial charge in [0.25, 0.3) is 15.9 Å². The van der Waals surface area contributed by atoms with Crippen LogP contribution in [0.1, 0.15) is 29.8 Å². The molecule has 0 aliphatic carbocycles. The minimum absolute atomic E-state index is 0.0328. The summed E-state index contributed by atoms with van der Waals surface area (Å²) in [5, 5.41) is 5.95. The number of rotatable bonds is 7. The molecule has 34 heavy (non-hydrogen) atoms. The molecule has 1 aliphatic heterocycles. The van der Waals surface area contributed by atoms with Gasteiger partial charge in [-0.2, -0.15) is 8.42 Å². The Morgan fingerprint density at radius 1 is 1.18 bits per heavy atom. The SMILES string of the molecule is O=C(NCCC(=O)N([C@H]1CCCNCC1=O)S(=O)(=O)c1ccccn1)c1cc2ccccc2o1. The highest BCUT2D eigenvalue weighted by molar-refractivity contribution is 7.89. The van der Waals surface area contributed by atoms with Gasteiger partial charge in [-0.3, -0.25) is 14.4 Å². The molecule has 1 aromatic carbocycles. The first-order valence-corrected chi connectivity index (χ1v) is 12.3. The highest BCUT2D eigenvalue weighted by Gasteiger charge is 2.40. The third-order valence-electron chi connectivity index (χ3n) is 5.47. The topological polar surface area (TPSA) is 139 Å². The number of nitrogens with one attached hydrogen (secondary N) is 2. The molecule has 0 spiro atoms. The molecule has 1 aliphatic rings. The van der Waals surface area contributed by atoms with E-state index in [9.17, 15) is 22.8 Å². The molecule has 3 heterocycles. The second-order valence-electron chi connectivity index (χ2n) is 7.82. The van der Waals surface area contributed by atoms with Crippen molar-refractivity contribution >= 4 is 38.6 Å². The Morgan fingerprint density at radius 2 is 1.97 bits per heavy atom. The summed E-state index contributed by atoms with van der Waals surface area (Å²) in [4.78, 5) is 42.2. The van der Waals surface area contributed by atoms with Crippen LogP contribution in [0.3, 0.4) is 0 Å². The van der Waals surface area contributed by atoms with Crippen molar-refractivity contribution in [3.63, 3.8) is 0 Å². The summed E-state index contributed by atoms with van der Waals surface area (Å²) >= 11 is 0. The van der Waals surface area contributed by atoms with E-state index in [1.807, 2.05) is 6.07 Å². The lowest BCUT2D eigenvalue weighted by Gasteiger charge is -2.29. The first-order chi connectivity index (χ1) is 16.4. The molecule has 1 fully saturated rings. The van der Waals surface area contributed by atoms with E-state index in [1.54, 1.807) is 30.3 Å². The van der Waals surface area contributed by atoms with Gasteiger partial charge in [-0.1, -0.05) is 24.3 Å². The minimum Gasteiger partial charge on any atom is -0.451 e. The maximum absolute atomic E-state index is 13.3. The number of carbonyl (C=O) groups excluding carboxylic acids is 3. The standard InChI is InChI=1S/C23H24N4O6S/c28-18-15-24-11-5-7-17(18)27(34(31,32)21-9-3-4-12-25-21)22(29)10-13-26-23(30)20-14-16-6-1-2-8-19(16)33-20/h1-4,6,8-9,12,14,17,24H,5,7,10-11,13,15H2,(H,26,30)/t17-/m0/s1. The van der Waals surface area contributed by atoms with Crippen molar-refractivity contribution in [2.45, 2.75) is 30.3 Å². The van der Waals surface area contributed by atoms with Crippen LogP contribution in [0.15, 0.2) is 64.2 Å². The Kier molecular flexibility index (Phi) is 7.03. The molecule has 2 N–H and O–H groups in total. The number of nitrogens with zero attached hydrogens (tertiary/aromatic N) is 2. The van der Waals surface area contributed by atoms with E-state index < -0.39 is 33.7 Å². The highest BCUT2D eigenvalue weighted by Crippen LogP contribution is 2.22. The average molecular weight is 485 g/mol. The Labute approximate surface area is 196 Å². The van der Waals surface area contributed by atoms with Crippen molar-refractivity contribution in [2.24, 2.45) is 0 Å².